The third kappa shape index (κ3) is 2.72. The third-order valence-corrected chi connectivity index (χ3v) is 3.52. The van der Waals surface area contributed by atoms with Crippen LogP contribution in [0.1, 0.15) is 15.9 Å². The van der Waals surface area contributed by atoms with Crippen LogP contribution in [0.5, 0.6) is 11.5 Å². The van der Waals surface area contributed by atoms with E-state index in [1.807, 2.05) is 0 Å². The predicted octanol–water partition coefficient (Wildman–Crippen LogP) is 0.515. The molecule has 3 aromatic rings. The third-order valence-electron chi connectivity index (χ3n) is 3.52. The van der Waals surface area contributed by atoms with Gasteiger partial charge in [-0.2, -0.15) is 4.68 Å². The molecular formula is C18H14N2O4. The van der Waals surface area contributed by atoms with Crippen LogP contribution in [-0.4, -0.2) is 25.9 Å². The number of phenolic OH excluding ortho intramolecular Hbond substituents is 2. The lowest BCUT2D eigenvalue weighted by atomic mass is 10.2. The summed E-state index contributed by atoms with van der Waals surface area (Å²) in [5.74, 6) is -0.831. The Morgan fingerprint density at radius 2 is 1.88 bits per heavy atom. The summed E-state index contributed by atoms with van der Waals surface area (Å²) >= 11 is 0. The van der Waals surface area contributed by atoms with Crippen LogP contribution in [0.25, 0.3) is 12.7 Å². The number of phenols is 2. The molecule has 3 rings (SSSR count). The largest absolute Gasteiger partial charge is 0.508 e. The molecule has 0 aliphatic rings. The Labute approximate surface area is 136 Å². The minimum absolute atomic E-state index is 0.00440. The number of aromatic hydroxyl groups is 2. The fraction of sp³-hybridized carbons (Fsp3) is 0. The van der Waals surface area contributed by atoms with Crippen LogP contribution in [0, 0.1) is 0 Å². The maximum Gasteiger partial charge on any atom is 0.283 e. The van der Waals surface area contributed by atoms with Crippen molar-refractivity contribution in [1.82, 2.24) is 9.78 Å². The minimum Gasteiger partial charge on any atom is -0.508 e. The lowest BCUT2D eigenvalue weighted by Crippen LogP contribution is -2.36. The van der Waals surface area contributed by atoms with E-state index in [0.717, 1.165) is 4.68 Å². The topological polar surface area (TPSA) is 95.3 Å². The monoisotopic (exact) mass is 322 g/mol. The number of nitrogens with zero attached hydrogens (tertiary/aromatic N) is 1. The molecule has 0 aliphatic carbocycles. The molecule has 120 valence electrons. The molecule has 24 heavy (non-hydrogen) atoms. The second-order valence-corrected chi connectivity index (χ2v) is 5.21. The fourth-order valence-electron chi connectivity index (χ4n) is 2.34. The molecule has 6 heteroatoms. The highest BCUT2D eigenvalue weighted by atomic mass is 16.3. The van der Waals surface area contributed by atoms with Gasteiger partial charge in [0.15, 0.2) is 0 Å². The van der Waals surface area contributed by atoms with Crippen LogP contribution in [0.4, 0.5) is 0 Å². The van der Waals surface area contributed by atoms with Gasteiger partial charge in [-0.15, -0.1) is 0 Å². The molecule has 6 nitrogen and oxygen atoms in total. The number of aromatic amines is 1. The van der Waals surface area contributed by atoms with Gasteiger partial charge >= 0.3 is 0 Å². The molecule has 0 amide bonds. The van der Waals surface area contributed by atoms with Crippen LogP contribution in [-0.2, 0) is 0 Å². The predicted molar refractivity (Wildman–Crippen MR) is 89.3 cm³/mol. The van der Waals surface area contributed by atoms with Gasteiger partial charge < -0.3 is 10.2 Å². The van der Waals surface area contributed by atoms with E-state index in [9.17, 15) is 19.8 Å². The van der Waals surface area contributed by atoms with Crippen molar-refractivity contribution in [3.8, 4) is 11.5 Å². The Kier molecular flexibility index (Phi) is 3.79. The normalized spacial score (nSPS) is 11.6. The van der Waals surface area contributed by atoms with E-state index < -0.39 is 11.5 Å². The number of carbonyl (C=O) groups is 1. The number of aromatic nitrogens is 2. The van der Waals surface area contributed by atoms with Crippen LogP contribution in [0.3, 0.4) is 0 Å². The average Bonchev–Trinajstić information content (AvgIpc) is 2.83. The van der Waals surface area contributed by atoms with Gasteiger partial charge in [0.2, 0.25) is 0 Å². The zero-order chi connectivity index (χ0) is 17.3. The van der Waals surface area contributed by atoms with Crippen molar-refractivity contribution >= 4 is 18.6 Å². The second-order valence-electron chi connectivity index (χ2n) is 5.21. The van der Waals surface area contributed by atoms with E-state index in [4.69, 9.17) is 0 Å². The molecule has 1 aromatic heterocycles. The van der Waals surface area contributed by atoms with Gasteiger partial charge in [0.05, 0.1) is 16.1 Å². The fourth-order valence-corrected chi connectivity index (χ4v) is 2.34. The zero-order valence-corrected chi connectivity index (χ0v) is 12.6. The summed E-state index contributed by atoms with van der Waals surface area (Å²) in [5, 5.41) is 22.3. The molecule has 0 aliphatic heterocycles. The number of benzene rings is 2. The van der Waals surface area contributed by atoms with Crippen LogP contribution in [0.2, 0.25) is 0 Å². The standard InChI is InChI=1S/C18H14N2O4/c1-11-15(10-12-5-4-6-13(21)9-12)18(24)20(19-11)17(23)14-7-2-3-8-16(14)22/h2-10,19,21-22H,1H2. The number of carbonyl (C=O) groups excluding carboxylic acids is 1. The molecule has 3 N–H and O–H groups in total. The van der Waals surface area contributed by atoms with Gasteiger partial charge in [-0.25, -0.2) is 0 Å². The van der Waals surface area contributed by atoms with E-state index in [1.54, 1.807) is 24.3 Å². The van der Waals surface area contributed by atoms with E-state index in [2.05, 4.69) is 11.7 Å². The van der Waals surface area contributed by atoms with E-state index >= 15 is 0 Å². The van der Waals surface area contributed by atoms with E-state index in [0.29, 0.717) is 5.56 Å². The van der Waals surface area contributed by atoms with Crippen molar-refractivity contribution in [3.05, 3.63) is 80.6 Å². The van der Waals surface area contributed by atoms with Crippen molar-refractivity contribution in [2.24, 2.45) is 0 Å². The first-order chi connectivity index (χ1) is 11.5. The van der Waals surface area contributed by atoms with Crippen LogP contribution < -0.4 is 16.1 Å². The lowest BCUT2D eigenvalue weighted by Gasteiger charge is -2.02. The number of hydrogen-bond acceptors (Lipinski definition) is 4. The molecule has 0 saturated heterocycles. The summed E-state index contributed by atoms with van der Waals surface area (Å²) in [4.78, 5) is 25.0. The number of hydrogen-bond donors (Lipinski definition) is 3. The number of rotatable bonds is 2. The smallest absolute Gasteiger partial charge is 0.283 e. The van der Waals surface area contributed by atoms with E-state index in [-0.39, 0.29) is 27.6 Å². The van der Waals surface area contributed by atoms with E-state index in [1.165, 1.54) is 30.3 Å². The highest BCUT2D eigenvalue weighted by Crippen LogP contribution is 2.15. The number of nitrogens with one attached hydrogen (secondary N) is 1. The summed E-state index contributed by atoms with van der Waals surface area (Å²) < 4.78 is 0.798. The molecule has 2 aromatic carbocycles. The first-order valence-corrected chi connectivity index (χ1v) is 7.11. The Hall–Kier alpha value is -3.54. The Bertz CT molecular complexity index is 1090. The molecule has 0 atom stereocenters. The van der Waals surface area contributed by atoms with Gasteiger partial charge in [-0.1, -0.05) is 30.8 Å². The van der Waals surface area contributed by atoms with Crippen molar-refractivity contribution in [1.29, 1.82) is 0 Å². The summed E-state index contributed by atoms with van der Waals surface area (Å²) in [5.41, 5.74) is 0.0134. The summed E-state index contributed by atoms with van der Waals surface area (Å²) in [6.45, 7) is 3.73. The van der Waals surface area contributed by atoms with Crippen molar-refractivity contribution in [2.75, 3.05) is 0 Å². The van der Waals surface area contributed by atoms with Crippen molar-refractivity contribution in [3.63, 3.8) is 0 Å². The Morgan fingerprint density at radius 3 is 2.58 bits per heavy atom. The quantitative estimate of drug-likeness (QED) is 0.641. The minimum atomic E-state index is -0.682. The zero-order valence-electron chi connectivity index (χ0n) is 12.6. The van der Waals surface area contributed by atoms with Gasteiger partial charge in [-0.05, 0) is 35.9 Å². The molecule has 0 unspecified atom stereocenters. The summed E-state index contributed by atoms with van der Waals surface area (Å²) in [6, 6.07) is 12.3. The highest BCUT2D eigenvalue weighted by molar-refractivity contribution is 5.97. The Balaban J connectivity index is 2.14. The molecular weight excluding hydrogens is 308 g/mol. The average molecular weight is 322 g/mol. The number of H-pyrrole nitrogens is 1. The number of para-hydroxylation sites is 1. The molecule has 0 fully saturated rings. The first-order valence-electron chi connectivity index (χ1n) is 7.11. The molecule has 0 spiro atoms. The molecule has 0 saturated carbocycles. The van der Waals surface area contributed by atoms with Crippen molar-refractivity contribution < 1.29 is 15.0 Å². The maximum absolute atomic E-state index is 12.5. The molecule has 1 heterocycles. The SMILES string of the molecule is C=c1[nH]n(C(=O)c2ccccc2O)c(=O)c1=Cc1cccc(O)c1. The molecule has 0 bridgehead atoms. The van der Waals surface area contributed by atoms with Gasteiger partial charge in [-0.3, -0.25) is 14.7 Å². The second kappa shape index (κ2) is 5.92. The summed E-state index contributed by atoms with van der Waals surface area (Å²) in [6.07, 6.45) is 1.52. The maximum atomic E-state index is 12.5. The van der Waals surface area contributed by atoms with Gasteiger partial charge in [0.1, 0.15) is 11.5 Å². The Morgan fingerprint density at radius 1 is 1.12 bits per heavy atom. The highest BCUT2D eigenvalue weighted by Gasteiger charge is 2.16. The van der Waals surface area contributed by atoms with Crippen LogP contribution in [0.15, 0.2) is 53.3 Å². The van der Waals surface area contributed by atoms with Crippen molar-refractivity contribution in [2.45, 2.75) is 0 Å². The van der Waals surface area contributed by atoms with Gasteiger partial charge in [0.25, 0.3) is 11.5 Å². The van der Waals surface area contributed by atoms with Crippen LogP contribution >= 0.6 is 0 Å². The molecule has 0 radical (unpaired) electrons. The summed E-state index contributed by atoms with van der Waals surface area (Å²) in [7, 11) is 0. The lowest BCUT2D eigenvalue weighted by molar-refractivity contribution is 0.0938. The van der Waals surface area contributed by atoms with Gasteiger partial charge in [0, 0.05) is 0 Å². The first kappa shape index (κ1) is 15.4.